The fourth-order valence-electron chi connectivity index (χ4n) is 3.22. The molecule has 0 bridgehead atoms. The molecule has 0 spiro atoms. The van der Waals surface area contributed by atoms with Gasteiger partial charge in [0.05, 0.1) is 24.2 Å². The molecule has 0 aliphatic rings. The first kappa shape index (κ1) is 20.6. The minimum atomic E-state index is -3.97. The summed E-state index contributed by atoms with van der Waals surface area (Å²) >= 11 is 0. The Kier molecular flexibility index (Phi) is 5.24. The highest BCUT2D eigenvalue weighted by atomic mass is 32.2. The lowest BCUT2D eigenvalue weighted by Gasteiger charge is -2.25. The van der Waals surface area contributed by atoms with Gasteiger partial charge in [-0.3, -0.25) is 14.2 Å². The fraction of sp³-hybridized carbons (Fsp3) is 0.190. The van der Waals surface area contributed by atoms with E-state index in [0.29, 0.717) is 17.1 Å². The van der Waals surface area contributed by atoms with Gasteiger partial charge in [0.15, 0.2) is 0 Å². The number of ether oxygens (including phenoxy) is 1. The zero-order valence-corrected chi connectivity index (χ0v) is 18.0. The number of methoxy groups -OCH3 is 1. The molecule has 2 aromatic carbocycles. The molecule has 0 amide bonds. The SMILES string of the molecule is COc1ccccc1N(Cc1nc2nc(C)cc(=O)n2[nH]1)S(=O)(=O)c1ccc(C)cc1. The lowest BCUT2D eigenvalue weighted by atomic mass is 10.2. The van der Waals surface area contributed by atoms with E-state index in [4.69, 9.17) is 4.74 Å². The quantitative estimate of drug-likeness (QED) is 0.494. The first-order chi connectivity index (χ1) is 14.8. The number of anilines is 1. The Balaban J connectivity index is 1.86. The predicted molar refractivity (Wildman–Crippen MR) is 116 cm³/mol. The zero-order chi connectivity index (χ0) is 22.2. The summed E-state index contributed by atoms with van der Waals surface area (Å²) in [5.74, 6) is 0.824. The van der Waals surface area contributed by atoms with E-state index in [1.54, 1.807) is 55.5 Å². The van der Waals surface area contributed by atoms with Crippen molar-refractivity contribution in [2.75, 3.05) is 11.4 Å². The van der Waals surface area contributed by atoms with Crippen LogP contribution in [0, 0.1) is 13.8 Å². The molecule has 9 nitrogen and oxygen atoms in total. The lowest BCUT2D eigenvalue weighted by molar-refractivity contribution is 0.415. The maximum atomic E-state index is 13.6. The average Bonchev–Trinajstić information content (AvgIpc) is 3.15. The Morgan fingerprint density at radius 2 is 1.77 bits per heavy atom. The second-order valence-corrected chi connectivity index (χ2v) is 8.90. The van der Waals surface area contributed by atoms with Gasteiger partial charge in [0, 0.05) is 11.8 Å². The molecule has 1 N–H and O–H groups in total. The van der Waals surface area contributed by atoms with Gasteiger partial charge in [0.25, 0.3) is 21.4 Å². The molecule has 0 aliphatic heterocycles. The summed E-state index contributed by atoms with van der Waals surface area (Å²) in [4.78, 5) is 20.9. The number of rotatable bonds is 6. The standard InChI is InChI=1S/C21H21N5O4S/c1-14-8-10-16(11-9-14)31(28,29)25(17-6-4-5-7-18(17)30-3)13-19-23-21-22-15(2)12-20(27)26(21)24-19/h4-12H,13H2,1-3H3,(H,22,23,24). The van der Waals surface area contributed by atoms with Crippen molar-refractivity contribution in [1.29, 1.82) is 0 Å². The van der Waals surface area contributed by atoms with Crippen LogP contribution in [-0.2, 0) is 16.6 Å². The normalized spacial score (nSPS) is 11.6. The van der Waals surface area contributed by atoms with E-state index in [-0.39, 0.29) is 28.6 Å². The van der Waals surface area contributed by atoms with Gasteiger partial charge in [0.1, 0.15) is 11.6 Å². The molecule has 2 aromatic heterocycles. The number of sulfonamides is 1. The van der Waals surface area contributed by atoms with Crippen molar-refractivity contribution in [2.24, 2.45) is 0 Å². The molecule has 4 rings (SSSR count). The molecule has 0 radical (unpaired) electrons. The monoisotopic (exact) mass is 439 g/mol. The number of nitrogens with zero attached hydrogens (tertiary/aromatic N) is 4. The van der Waals surface area contributed by atoms with Gasteiger partial charge in [-0.05, 0) is 38.1 Å². The third-order valence-corrected chi connectivity index (χ3v) is 6.54. The van der Waals surface area contributed by atoms with Gasteiger partial charge in [-0.1, -0.05) is 29.8 Å². The molecule has 0 saturated heterocycles. The number of fused-ring (bicyclic) bond motifs is 1. The second-order valence-electron chi connectivity index (χ2n) is 7.04. The van der Waals surface area contributed by atoms with Crippen LogP contribution in [0.25, 0.3) is 5.78 Å². The molecule has 160 valence electrons. The Morgan fingerprint density at radius 1 is 1.06 bits per heavy atom. The lowest BCUT2D eigenvalue weighted by Crippen LogP contribution is -2.31. The second kappa shape index (κ2) is 7.88. The molecular formula is C21H21N5O4S. The molecule has 0 atom stereocenters. The van der Waals surface area contributed by atoms with Crippen molar-refractivity contribution in [2.45, 2.75) is 25.3 Å². The van der Waals surface area contributed by atoms with Crippen LogP contribution in [0.1, 0.15) is 17.1 Å². The number of hydrogen-bond acceptors (Lipinski definition) is 6. The minimum absolute atomic E-state index is 0.131. The fourth-order valence-corrected chi connectivity index (χ4v) is 4.65. The third-order valence-electron chi connectivity index (χ3n) is 4.76. The van der Waals surface area contributed by atoms with E-state index >= 15 is 0 Å². The number of hydrogen-bond donors (Lipinski definition) is 1. The van der Waals surface area contributed by atoms with Gasteiger partial charge in [-0.25, -0.2) is 13.4 Å². The Labute approximate surface area is 179 Å². The van der Waals surface area contributed by atoms with Gasteiger partial charge in [-0.15, -0.1) is 0 Å². The molecule has 10 heteroatoms. The number of benzene rings is 2. The van der Waals surface area contributed by atoms with Crippen LogP contribution in [0.5, 0.6) is 5.75 Å². The summed E-state index contributed by atoms with van der Waals surface area (Å²) in [5.41, 5.74) is 1.49. The highest BCUT2D eigenvalue weighted by Crippen LogP contribution is 2.33. The van der Waals surface area contributed by atoms with Crippen molar-refractivity contribution in [3.63, 3.8) is 0 Å². The van der Waals surface area contributed by atoms with E-state index < -0.39 is 10.0 Å². The van der Waals surface area contributed by atoms with E-state index in [0.717, 1.165) is 5.56 Å². The zero-order valence-electron chi connectivity index (χ0n) is 17.2. The summed E-state index contributed by atoms with van der Waals surface area (Å²) in [7, 11) is -2.50. The highest BCUT2D eigenvalue weighted by molar-refractivity contribution is 7.92. The Bertz CT molecular complexity index is 1410. The predicted octanol–water partition coefficient (Wildman–Crippen LogP) is 2.44. The van der Waals surface area contributed by atoms with Crippen LogP contribution in [0.15, 0.2) is 64.3 Å². The largest absolute Gasteiger partial charge is 0.495 e. The van der Waals surface area contributed by atoms with E-state index in [9.17, 15) is 13.2 Å². The van der Waals surface area contributed by atoms with Crippen molar-refractivity contribution in [1.82, 2.24) is 19.6 Å². The summed E-state index contributed by atoms with van der Waals surface area (Å²) in [6, 6.07) is 14.8. The van der Waals surface area contributed by atoms with Gasteiger partial charge < -0.3 is 4.74 Å². The van der Waals surface area contributed by atoms with Gasteiger partial charge >= 0.3 is 0 Å². The van der Waals surface area contributed by atoms with Crippen LogP contribution in [0.2, 0.25) is 0 Å². The van der Waals surface area contributed by atoms with Crippen LogP contribution in [0.4, 0.5) is 5.69 Å². The number of nitrogens with one attached hydrogen (secondary N) is 1. The van der Waals surface area contributed by atoms with Crippen molar-refractivity contribution in [3.8, 4) is 5.75 Å². The van der Waals surface area contributed by atoms with E-state index in [1.807, 2.05) is 6.92 Å². The molecule has 4 aromatic rings. The first-order valence-electron chi connectivity index (χ1n) is 9.47. The third kappa shape index (κ3) is 3.89. The maximum absolute atomic E-state index is 13.6. The summed E-state index contributed by atoms with van der Waals surface area (Å²) < 4.78 is 35.0. The topological polar surface area (TPSA) is 110 Å². The average molecular weight is 439 g/mol. The van der Waals surface area contributed by atoms with Gasteiger partial charge in [-0.2, -0.15) is 9.50 Å². The van der Waals surface area contributed by atoms with Crippen LogP contribution < -0.4 is 14.6 Å². The summed E-state index contributed by atoms with van der Waals surface area (Å²) in [5, 5.41) is 2.85. The molecule has 2 heterocycles. The molecule has 31 heavy (non-hydrogen) atoms. The van der Waals surface area contributed by atoms with Crippen molar-refractivity contribution >= 4 is 21.5 Å². The smallest absolute Gasteiger partial charge is 0.274 e. The molecule has 0 saturated carbocycles. The summed E-state index contributed by atoms with van der Waals surface area (Å²) in [6.07, 6.45) is 0. The molecule has 0 fully saturated rings. The van der Waals surface area contributed by atoms with Gasteiger partial charge in [0.2, 0.25) is 0 Å². The van der Waals surface area contributed by atoms with Crippen molar-refractivity contribution < 1.29 is 13.2 Å². The highest BCUT2D eigenvalue weighted by Gasteiger charge is 2.28. The molecule has 0 aliphatic carbocycles. The number of H-pyrrole nitrogens is 1. The number of aromatic amines is 1. The first-order valence-corrected chi connectivity index (χ1v) is 10.9. The Morgan fingerprint density at radius 3 is 2.48 bits per heavy atom. The Hall–Kier alpha value is -3.66. The van der Waals surface area contributed by atoms with Crippen LogP contribution in [0.3, 0.4) is 0 Å². The van der Waals surface area contributed by atoms with Crippen LogP contribution in [-0.4, -0.2) is 35.1 Å². The number of para-hydroxylation sites is 2. The van der Waals surface area contributed by atoms with E-state index in [1.165, 1.54) is 22.0 Å². The maximum Gasteiger partial charge on any atom is 0.274 e. The molecular weight excluding hydrogens is 418 g/mol. The molecule has 0 unspecified atom stereocenters. The minimum Gasteiger partial charge on any atom is -0.495 e. The van der Waals surface area contributed by atoms with Crippen LogP contribution >= 0.6 is 0 Å². The number of aromatic nitrogens is 4. The summed E-state index contributed by atoms with van der Waals surface area (Å²) in [6.45, 7) is 3.42. The van der Waals surface area contributed by atoms with E-state index in [2.05, 4.69) is 15.1 Å². The number of aryl methyl sites for hydroxylation is 2. The van der Waals surface area contributed by atoms with Crippen molar-refractivity contribution in [3.05, 3.63) is 82.0 Å².